The van der Waals surface area contributed by atoms with Gasteiger partial charge in [0.1, 0.15) is 0 Å². The lowest BCUT2D eigenvalue weighted by Crippen LogP contribution is -2.34. The van der Waals surface area contributed by atoms with Crippen LogP contribution in [-0.4, -0.2) is 32.1 Å². The molecule has 0 aromatic heterocycles. The molecule has 0 saturated carbocycles. The van der Waals surface area contributed by atoms with Gasteiger partial charge in [0.25, 0.3) is 0 Å². The first kappa shape index (κ1) is 17.8. The van der Waals surface area contributed by atoms with Gasteiger partial charge in [-0.25, -0.2) is 0 Å². The molecular formula is C16H24N2O4. The van der Waals surface area contributed by atoms with Crippen molar-refractivity contribution in [3.8, 4) is 11.5 Å². The van der Waals surface area contributed by atoms with Crippen LogP contribution in [0.15, 0.2) is 12.1 Å². The molecular weight excluding hydrogens is 284 g/mol. The number of carbonyl (C=O) groups excluding carboxylic acids is 2. The Bertz CT molecular complexity index is 543. The van der Waals surface area contributed by atoms with Crippen LogP contribution in [0.2, 0.25) is 0 Å². The zero-order valence-electron chi connectivity index (χ0n) is 13.6. The standard InChI is InChI=1S/C16H24N2O4/c1-10(5-8-14(17)19)18-15(20)9-12-6-7-13(21-3)16(22-4)11(12)2/h6-7,10H,5,8-9H2,1-4H3,(H2,17,19)(H,18,20). The normalized spacial score (nSPS) is 11.6. The molecule has 1 aromatic carbocycles. The van der Waals surface area contributed by atoms with E-state index in [2.05, 4.69) is 5.32 Å². The van der Waals surface area contributed by atoms with Crippen LogP contribution in [0.3, 0.4) is 0 Å². The van der Waals surface area contributed by atoms with Crippen LogP contribution in [0.25, 0.3) is 0 Å². The second kappa shape index (κ2) is 8.26. The predicted molar refractivity (Wildman–Crippen MR) is 84.0 cm³/mol. The number of primary amides is 1. The summed E-state index contributed by atoms with van der Waals surface area (Å²) in [5.74, 6) is 0.803. The summed E-state index contributed by atoms with van der Waals surface area (Å²) in [5.41, 5.74) is 6.85. The molecule has 0 aliphatic rings. The van der Waals surface area contributed by atoms with Crippen molar-refractivity contribution in [2.75, 3.05) is 14.2 Å². The lowest BCUT2D eigenvalue weighted by Gasteiger charge is -2.16. The summed E-state index contributed by atoms with van der Waals surface area (Å²) < 4.78 is 10.6. The van der Waals surface area contributed by atoms with E-state index < -0.39 is 0 Å². The average molecular weight is 308 g/mol. The quantitative estimate of drug-likeness (QED) is 0.758. The molecule has 0 saturated heterocycles. The first-order valence-electron chi connectivity index (χ1n) is 7.17. The smallest absolute Gasteiger partial charge is 0.224 e. The Kier molecular flexibility index (Phi) is 6.69. The molecule has 1 unspecified atom stereocenters. The topological polar surface area (TPSA) is 90.6 Å². The van der Waals surface area contributed by atoms with Crippen LogP contribution < -0.4 is 20.5 Å². The van der Waals surface area contributed by atoms with Gasteiger partial charge in [0.15, 0.2) is 11.5 Å². The first-order chi connectivity index (χ1) is 10.4. The van der Waals surface area contributed by atoms with Gasteiger partial charge >= 0.3 is 0 Å². The predicted octanol–water partition coefficient (Wildman–Crippen LogP) is 1.32. The molecule has 122 valence electrons. The number of rotatable bonds is 8. The fraction of sp³-hybridized carbons (Fsp3) is 0.500. The van der Waals surface area contributed by atoms with Crippen LogP contribution in [-0.2, 0) is 16.0 Å². The van der Waals surface area contributed by atoms with E-state index in [1.54, 1.807) is 20.3 Å². The SMILES string of the molecule is COc1ccc(CC(=O)NC(C)CCC(N)=O)c(C)c1OC. The highest BCUT2D eigenvalue weighted by Crippen LogP contribution is 2.32. The molecule has 3 N–H and O–H groups in total. The number of hydrogen-bond donors (Lipinski definition) is 2. The van der Waals surface area contributed by atoms with Gasteiger partial charge in [0.2, 0.25) is 11.8 Å². The number of nitrogens with one attached hydrogen (secondary N) is 1. The molecule has 0 aliphatic heterocycles. The second-order valence-electron chi connectivity index (χ2n) is 5.24. The third-order valence-electron chi connectivity index (χ3n) is 3.49. The van der Waals surface area contributed by atoms with Crippen LogP contribution in [0, 0.1) is 6.92 Å². The summed E-state index contributed by atoms with van der Waals surface area (Å²) >= 11 is 0. The van der Waals surface area contributed by atoms with Crippen molar-refractivity contribution in [1.82, 2.24) is 5.32 Å². The number of methoxy groups -OCH3 is 2. The van der Waals surface area contributed by atoms with Gasteiger partial charge in [-0.1, -0.05) is 6.07 Å². The molecule has 0 fully saturated rings. The van der Waals surface area contributed by atoms with Crippen LogP contribution in [0.4, 0.5) is 0 Å². The molecule has 6 heteroatoms. The van der Waals surface area contributed by atoms with E-state index in [0.717, 1.165) is 11.1 Å². The molecule has 22 heavy (non-hydrogen) atoms. The Hall–Kier alpha value is -2.24. The maximum Gasteiger partial charge on any atom is 0.224 e. The van der Waals surface area contributed by atoms with E-state index in [9.17, 15) is 9.59 Å². The Labute approximate surface area is 131 Å². The summed E-state index contributed by atoms with van der Waals surface area (Å²) in [5, 5.41) is 2.86. The van der Waals surface area contributed by atoms with E-state index in [1.807, 2.05) is 19.9 Å². The Balaban J connectivity index is 2.70. The lowest BCUT2D eigenvalue weighted by molar-refractivity contribution is -0.122. The highest BCUT2D eigenvalue weighted by atomic mass is 16.5. The molecule has 1 rings (SSSR count). The van der Waals surface area contributed by atoms with Gasteiger partial charge in [-0.05, 0) is 37.5 Å². The first-order valence-corrected chi connectivity index (χ1v) is 7.17. The highest BCUT2D eigenvalue weighted by molar-refractivity contribution is 5.80. The lowest BCUT2D eigenvalue weighted by atomic mass is 10.0. The number of carbonyl (C=O) groups is 2. The minimum absolute atomic E-state index is 0.0968. The van der Waals surface area contributed by atoms with Crippen LogP contribution in [0.1, 0.15) is 30.9 Å². The number of nitrogens with two attached hydrogens (primary N) is 1. The van der Waals surface area contributed by atoms with Crippen molar-refractivity contribution in [2.24, 2.45) is 5.73 Å². The maximum absolute atomic E-state index is 12.1. The van der Waals surface area contributed by atoms with Crippen LogP contribution >= 0.6 is 0 Å². The third-order valence-corrected chi connectivity index (χ3v) is 3.49. The number of ether oxygens (including phenoxy) is 2. The molecule has 0 spiro atoms. The number of benzene rings is 1. The van der Waals surface area contributed by atoms with Crippen LogP contribution in [0.5, 0.6) is 11.5 Å². The Morgan fingerprint density at radius 3 is 2.50 bits per heavy atom. The second-order valence-corrected chi connectivity index (χ2v) is 5.24. The van der Waals surface area contributed by atoms with Crippen molar-refractivity contribution in [1.29, 1.82) is 0 Å². The molecule has 1 aromatic rings. The Morgan fingerprint density at radius 1 is 1.27 bits per heavy atom. The molecule has 0 radical (unpaired) electrons. The summed E-state index contributed by atoms with van der Waals surface area (Å²) in [4.78, 5) is 22.8. The zero-order chi connectivity index (χ0) is 16.7. The zero-order valence-corrected chi connectivity index (χ0v) is 13.6. The van der Waals surface area contributed by atoms with Crippen molar-refractivity contribution in [2.45, 2.75) is 39.2 Å². The molecule has 0 aliphatic carbocycles. The van der Waals surface area contributed by atoms with E-state index in [4.69, 9.17) is 15.2 Å². The van der Waals surface area contributed by atoms with Gasteiger partial charge < -0.3 is 20.5 Å². The van der Waals surface area contributed by atoms with E-state index in [-0.39, 0.29) is 30.7 Å². The Morgan fingerprint density at radius 2 is 1.95 bits per heavy atom. The van der Waals surface area contributed by atoms with Gasteiger partial charge in [0.05, 0.1) is 20.6 Å². The van der Waals surface area contributed by atoms with Crippen molar-refractivity contribution >= 4 is 11.8 Å². The molecule has 6 nitrogen and oxygen atoms in total. The highest BCUT2D eigenvalue weighted by Gasteiger charge is 2.15. The summed E-state index contributed by atoms with van der Waals surface area (Å²) in [6, 6.07) is 3.54. The molecule has 1 atom stereocenters. The molecule has 2 amide bonds. The largest absolute Gasteiger partial charge is 0.493 e. The minimum atomic E-state index is -0.364. The molecule has 0 bridgehead atoms. The fourth-order valence-corrected chi connectivity index (χ4v) is 2.24. The van der Waals surface area contributed by atoms with E-state index in [1.165, 1.54) is 0 Å². The number of amides is 2. The fourth-order valence-electron chi connectivity index (χ4n) is 2.24. The number of hydrogen-bond acceptors (Lipinski definition) is 4. The van der Waals surface area contributed by atoms with Gasteiger partial charge in [-0.2, -0.15) is 0 Å². The van der Waals surface area contributed by atoms with E-state index >= 15 is 0 Å². The maximum atomic E-state index is 12.1. The summed E-state index contributed by atoms with van der Waals surface area (Å²) in [6.07, 6.45) is 1.04. The summed E-state index contributed by atoms with van der Waals surface area (Å²) in [7, 11) is 3.14. The summed E-state index contributed by atoms with van der Waals surface area (Å²) in [6.45, 7) is 3.74. The molecule has 0 heterocycles. The minimum Gasteiger partial charge on any atom is -0.493 e. The van der Waals surface area contributed by atoms with Gasteiger partial charge in [0, 0.05) is 12.5 Å². The van der Waals surface area contributed by atoms with Crippen molar-refractivity contribution < 1.29 is 19.1 Å². The van der Waals surface area contributed by atoms with Crippen molar-refractivity contribution in [3.63, 3.8) is 0 Å². The van der Waals surface area contributed by atoms with Crippen molar-refractivity contribution in [3.05, 3.63) is 23.3 Å². The van der Waals surface area contributed by atoms with Gasteiger partial charge in [-0.15, -0.1) is 0 Å². The third kappa shape index (κ3) is 4.95. The average Bonchev–Trinajstić information content (AvgIpc) is 2.46. The van der Waals surface area contributed by atoms with Gasteiger partial charge in [-0.3, -0.25) is 9.59 Å². The van der Waals surface area contributed by atoms with E-state index in [0.29, 0.717) is 17.9 Å². The monoisotopic (exact) mass is 308 g/mol.